The van der Waals surface area contributed by atoms with Crippen molar-refractivity contribution >= 4 is 16.6 Å². The number of nitrogens with zero attached hydrogens (tertiary/aromatic N) is 2. The molecule has 0 saturated heterocycles. The Morgan fingerprint density at radius 1 is 0.711 bits per heavy atom. The van der Waals surface area contributed by atoms with Crippen molar-refractivity contribution in [2.75, 3.05) is 12.8 Å². The highest BCUT2D eigenvalue weighted by atomic mass is 19.1. The van der Waals surface area contributed by atoms with Gasteiger partial charge in [-0.1, -0.05) is 103 Å². The van der Waals surface area contributed by atoms with Crippen molar-refractivity contribution in [1.29, 1.82) is 0 Å². The van der Waals surface area contributed by atoms with Crippen molar-refractivity contribution in [3.8, 4) is 17.0 Å². The number of ether oxygens (including phenoxy) is 1. The van der Waals surface area contributed by atoms with E-state index in [9.17, 15) is 4.39 Å². The van der Waals surface area contributed by atoms with E-state index in [-0.39, 0.29) is 5.82 Å². The first-order valence-electron chi connectivity index (χ1n) is 12.4. The number of hydrogen-bond acceptors (Lipinski definition) is 3. The van der Waals surface area contributed by atoms with E-state index in [0.717, 1.165) is 27.6 Å². The van der Waals surface area contributed by atoms with Crippen LogP contribution in [0.5, 0.6) is 5.75 Å². The second-order valence-corrected chi connectivity index (χ2v) is 9.19. The molecule has 0 aliphatic rings. The molecule has 6 rings (SSSR count). The van der Waals surface area contributed by atoms with Gasteiger partial charge in [0.2, 0.25) is 0 Å². The van der Waals surface area contributed by atoms with Crippen molar-refractivity contribution < 1.29 is 9.13 Å². The summed E-state index contributed by atoms with van der Waals surface area (Å²) in [7, 11) is 1.60. The Morgan fingerprint density at radius 3 is 1.76 bits per heavy atom. The molecule has 5 heteroatoms. The zero-order valence-electron chi connectivity index (χ0n) is 20.9. The van der Waals surface area contributed by atoms with Crippen LogP contribution >= 0.6 is 0 Å². The molecule has 1 heterocycles. The van der Waals surface area contributed by atoms with E-state index in [0.29, 0.717) is 22.7 Å². The highest BCUT2D eigenvalue weighted by molar-refractivity contribution is 5.97. The normalized spacial score (nSPS) is 11.5. The van der Waals surface area contributed by atoms with Gasteiger partial charge in [0.15, 0.2) is 0 Å². The second kappa shape index (κ2) is 9.52. The van der Waals surface area contributed by atoms with Crippen LogP contribution in [0.15, 0.2) is 127 Å². The molecule has 186 valence electrons. The monoisotopic (exact) mass is 499 g/mol. The lowest BCUT2D eigenvalue weighted by atomic mass is 9.77. The molecule has 1 aromatic heterocycles. The van der Waals surface area contributed by atoms with E-state index < -0.39 is 5.54 Å². The lowest BCUT2D eigenvalue weighted by Crippen LogP contribution is -2.38. The Morgan fingerprint density at radius 2 is 1.26 bits per heavy atom. The maximum Gasteiger partial charge on any atom is 0.143 e. The molecule has 0 unspecified atom stereocenters. The first-order chi connectivity index (χ1) is 18.6. The molecule has 0 fully saturated rings. The summed E-state index contributed by atoms with van der Waals surface area (Å²) in [6, 6.07) is 41.2. The van der Waals surface area contributed by atoms with Crippen molar-refractivity contribution in [1.82, 2.24) is 9.78 Å². The molecule has 0 aliphatic carbocycles. The fourth-order valence-corrected chi connectivity index (χ4v) is 5.34. The van der Waals surface area contributed by atoms with E-state index in [4.69, 9.17) is 15.6 Å². The average Bonchev–Trinajstić information content (AvgIpc) is 3.33. The zero-order chi connectivity index (χ0) is 26.1. The van der Waals surface area contributed by atoms with E-state index in [1.165, 1.54) is 12.1 Å². The molecule has 0 saturated carbocycles. The predicted molar refractivity (Wildman–Crippen MR) is 151 cm³/mol. The van der Waals surface area contributed by atoms with Crippen LogP contribution in [0.2, 0.25) is 0 Å². The third-order valence-corrected chi connectivity index (χ3v) is 7.02. The summed E-state index contributed by atoms with van der Waals surface area (Å²) in [5.74, 6) is 0.222. The number of fused-ring (bicyclic) bond motifs is 1. The largest absolute Gasteiger partial charge is 0.495 e. The highest BCUT2D eigenvalue weighted by Crippen LogP contribution is 2.45. The number of nitrogens with two attached hydrogens (primary N) is 1. The summed E-state index contributed by atoms with van der Waals surface area (Å²) in [4.78, 5) is 0. The molecule has 0 amide bonds. The molecular formula is C33H26FN3O. The van der Waals surface area contributed by atoms with Crippen molar-refractivity contribution in [2.45, 2.75) is 5.54 Å². The third kappa shape index (κ3) is 3.71. The Hall–Kier alpha value is -4.90. The van der Waals surface area contributed by atoms with Crippen LogP contribution in [0, 0.1) is 5.82 Å². The molecule has 38 heavy (non-hydrogen) atoms. The molecule has 0 radical (unpaired) electrons. The van der Waals surface area contributed by atoms with Crippen LogP contribution in [0.1, 0.15) is 16.7 Å². The van der Waals surface area contributed by atoms with E-state index in [2.05, 4.69) is 36.4 Å². The van der Waals surface area contributed by atoms with Crippen molar-refractivity contribution in [3.63, 3.8) is 0 Å². The minimum atomic E-state index is -0.852. The number of anilines is 1. The number of halogens is 1. The van der Waals surface area contributed by atoms with E-state index in [1.807, 2.05) is 77.5 Å². The number of hydrogen-bond donors (Lipinski definition) is 1. The summed E-state index contributed by atoms with van der Waals surface area (Å²) in [5, 5.41) is 6.06. The molecule has 0 aliphatic heterocycles. The summed E-state index contributed by atoms with van der Waals surface area (Å²) in [6.45, 7) is 0. The Bertz CT molecular complexity index is 1620. The summed E-state index contributed by atoms with van der Waals surface area (Å²) >= 11 is 0. The smallest absolute Gasteiger partial charge is 0.143 e. The third-order valence-electron chi connectivity index (χ3n) is 7.02. The standard InChI is InChI=1S/C33H26FN3O/c1-38-31-22-30-28(21-29(31)35)32(23-12-11-19-27(34)20-23)36-37(30)33(24-13-5-2-6-14-24,25-15-7-3-8-16-25)26-17-9-4-10-18-26/h2-22H,35H2,1H3. The fourth-order valence-electron chi connectivity index (χ4n) is 5.34. The van der Waals surface area contributed by atoms with Crippen LogP contribution < -0.4 is 10.5 Å². The van der Waals surface area contributed by atoms with Gasteiger partial charge in [0.25, 0.3) is 0 Å². The molecule has 5 aromatic carbocycles. The first-order valence-corrected chi connectivity index (χ1v) is 12.4. The zero-order valence-corrected chi connectivity index (χ0v) is 20.9. The van der Waals surface area contributed by atoms with Crippen LogP contribution in [0.3, 0.4) is 0 Å². The maximum atomic E-state index is 14.4. The van der Waals surface area contributed by atoms with Gasteiger partial charge in [0.05, 0.1) is 18.3 Å². The van der Waals surface area contributed by atoms with Gasteiger partial charge in [-0.05, 0) is 34.9 Å². The van der Waals surface area contributed by atoms with Crippen LogP contribution in [-0.4, -0.2) is 16.9 Å². The van der Waals surface area contributed by atoms with Crippen molar-refractivity contribution in [2.24, 2.45) is 0 Å². The summed E-state index contributed by atoms with van der Waals surface area (Å²) in [6.07, 6.45) is 0. The highest BCUT2D eigenvalue weighted by Gasteiger charge is 2.41. The van der Waals surface area contributed by atoms with Crippen LogP contribution in [-0.2, 0) is 5.54 Å². The molecule has 2 N–H and O–H groups in total. The Kier molecular flexibility index (Phi) is 5.89. The molecular weight excluding hydrogens is 473 g/mol. The lowest BCUT2D eigenvalue weighted by Gasteiger charge is -2.37. The quantitative estimate of drug-likeness (QED) is 0.194. The minimum absolute atomic E-state index is 0.327. The van der Waals surface area contributed by atoms with Gasteiger partial charge in [0.1, 0.15) is 22.8 Å². The van der Waals surface area contributed by atoms with Crippen LogP contribution in [0.4, 0.5) is 10.1 Å². The van der Waals surface area contributed by atoms with Gasteiger partial charge in [0, 0.05) is 17.0 Å². The van der Waals surface area contributed by atoms with Crippen LogP contribution in [0.25, 0.3) is 22.2 Å². The number of rotatable bonds is 6. The predicted octanol–water partition coefficient (Wildman–Crippen LogP) is 7.27. The summed E-state index contributed by atoms with van der Waals surface area (Å²) < 4.78 is 22.1. The van der Waals surface area contributed by atoms with Gasteiger partial charge < -0.3 is 10.5 Å². The first kappa shape index (κ1) is 23.5. The Labute approximate surface area is 220 Å². The molecule has 0 atom stereocenters. The molecule has 0 spiro atoms. The number of benzene rings is 5. The van der Waals surface area contributed by atoms with E-state index in [1.54, 1.807) is 13.2 Å². The van der Waals surface area contributed by atoms with Crippen molar-refractivity contribution in [3.05, 3.63) is 150 Å². The number of nitrogen functional groups attached to an aromatic ring is 1. The minimum Gasteiger partial charge on any atom is -0.495 e. The van der Waals surface area contributed by atoms with Gasteiger partial charge in [-0.2, -0.15) is 5.10 Å². The Balaban J connectivity index is 1.82. The molecule has 0 bridgehead atoms. The molecule has 4 nitrogen and oxygen atoms in total. The summed E-state index contributed by atoms with van der Waals surface area (Å²) in [5.41, 5.74) is 11.2. The molecule has 6 aromatic rings. The van der Waals surface area contributed by atoms with Gasteiger partial charge in [-0.25, -0.2) is 9.07 Å². The SMILES string of the molecule is COc1cc2c(cc1N)c(-c1cccc(F)c1)nn2C(c1ccccc1)(c1ccccc1)c1ccccc1. The fraction of sp³-hybridized carbons (Fsp3) is 0.0606. The lowest BCUT2D eigenvalue weighted by molar-refractivity contribution is 0.416. The maximum absolute atomic E-state index is 14.4. The average molecular weight is 500 g/mol. The number of aromatic nitrogens is 2. The van der Waals surface area contributed by atoms with Gasteiger partial charge >= 0.3 is 0 Å². The van der Waals surface area contributed by atoms with Gasteiger partial charge in [-0.15, -0.1) is 0 Å². The second-order valence-electron chi connectivity index (χ2n) is 9.19. The number of methoxy groups -OCH3 is 1. The topological polar surface area (TPSA) is 53.1 Å². The van der Waals surface area contributed by atoms with E-state index >= 15 is 0 Å². The van der Waals surface area contributed by atoms with Gasteiger partial charge in [-0.3, -0.25) is 0 Å².